The van der Waals surface area contributed by atoms with Gasteiger partial charge in [0.05, 0.1) is 11.7 Å². The lowest BCUT2D eigenvalue weighted by Crippen LogP contribution is -2.24. The molecule has 4 nitrogen and oxygen atoms in total. The second kappa shape index (κ2) is 6.29. The van der Waals surface area contributed by atoms with Gasteiger partial charge in [-0.05, 0) is 49.2 Å². The summed E-state index contributed by atoms with van der Waals surface area (Å²) in [5, 5.41) is 3.46. The van der Waals surface area contributed by atoms with Crippen molar-refractivity contribution in [2.45, 2.75) is 26.3 Å². The van der Waals surface area contributed by atoms with Crippen molar-refractivity contribution in [3.63, 3.8) is 0 Å². The minimum atomic E-state index is 0.163. The highest BCUT2D eigenvalue weighted by Gasteiger charge is 2.14. The molecule has 2 rings (SSSR count). The van der Waals surface area contributed by atoms with Crippen molar-refractivity contribution in [1.82, 2.24) is 15.3 Å². The number of aryl methyl sites for hydroxylation is 1. The van der Waals surface area contributed by atoms with Crippen LogP contribution in [0.25, 0.3) is 0 Å². The van der Waals surface area contributed by atoms with Crippen LogP contribution < -0.4 is 11.1 Å². The molecule has 0 spiro atoms. The Morgan fingerprint density at radius 3 is 2.84 bits per heavy atom. The second-order valence-electron chi connectivity index (χ2n) is 4.65. The third kappa shape index (κ3) is 3.51. The number of likely N-dealkylation sites (N-methyl/N-ethyl adjacent to an activating group) is 1. The molecule has 0 aromatic carbocycles. The summed E-state index contributed by atoms with van der Waals surface area (Å²) in [4.78, 5) is 8.60. The van der Waals surface area contributed by atoms with E-state index in [1.165, 1.54) is 5.56 Å². The standard InChI is InChI=1S/C15H20N4/c1-3-18-15(14-8-11(2)4-7-19-14)9-12-10-17-6-5-13(12)16/h4-8,10,15,18H,3,9H2,1-2H3,(H2,16,17). The van der Waals surface area contributed by atoms with Gasteiger partial charge in [0.25, 0.3) is 0 Å². The Morgan fingerprint density at radius 1 is 1.32 bits per heavy atom. The van der Waals surface area contributed by atoms with E-state index in [4.69, 9.17) is 5.73 Å². The molecule has 2 heterocycles. The van der Waals surface area contributed by atoms with E-state index in [1.54, 1.807) is 6.20 Å². The average molecular weight is 256 g/mol. The van der Waals surface area contributed by atoms with E-state index in [1.807, 2.05) is 24.5 Å². The fourth-order valence-corrected chi connectivity index (χ4v) is 2.11. The van der Waals surface area contributed by atoms with E-state index in [0.29, 0.717) is 0 Å². The molecule has 3 N–H and O–H groups in total. The first kappa shape index (κ1) is 13.5. The van der Waals surface area contributed by atoms with Crippen molar-refractivity contribution >= 4 is 5.69 Å². The van der Waals surface area contributed by atoms with E-state index in [2.05, 4.69) is 35.2 Å². The predicted molar refractivity (Wildman–Crippen MR) is 77.7 cm³/mol. The number of pyridine rings is 2. The maximum Gasteiger partial charge on any atom is 0.0579 e. The summed E-state index contributed by atoms with van der Waals surface area (Å²) in [7, 11) is 0. The average Bonchev–Trinajstić information content (AvgIpc) is 2.40. The fraction of sp³-hybridized carbons (Fsp3) is 0.333. The van der Waals surface area contributed by atoms with Crippen molar-refractivity contribution < 1.29 is 0 Å². The Kier molecular flexibility index (Phi) is 4.47. The van der Waals surface area contributed by atoms with E-state index < -0.39 is 0 Å². The van der Waals surface area contributed by atoms with Crippen LogP contribution in [0.2, 0.25) is 0 Å². The highest BCUT2D eigenvalue weighted by Crippen LogP contribution is 2.20. The molecular formula is C15H20N4. The zero-order chi connectivity index (χ0) is 13.7. The molecule has 2 aromatic rings. The lowest BCUT2D eigenvalue weighted by atomic mass is 10.0. The third-order valence-corrected chi connectivity index (χ3v) is 3.11. The Labute approximate surface area is 114 Å². The quantitative estimate of drug-likeness (QED) is 0.861. The van der Waals surface area contributed by atoms with Gasteiger partial charge in [0.15, 0.2) is 0 Å². The lowest BCUT2D eigenvalue weighted by Gasteiger charge is -2.18. The Balaban J connectivity index is 2.24. The first-order valence-electron chi connectivity index (χ1n) is 6.55. The zero-order valence-electron chi connectivity index (χ0n) is 11.4. The number of nitrogens with zero attached hydrogens (tertiary/aromatic N) is 2. The molecule has 0 aliphatic carbocycles. The minimum absolute atomic E-state index is 0.163. The molecule has 1 unspecified atom stereocenters. The molecule has 1 atom stereocenters. The van der Waals surface area contributed by atoms with Crippen LogP contribution in [-0.2, 0) is 6.42 Å². The van der Waals surface area contributed by atoms with Crippen LogP contribution in [-0.4, -0.2) is 16.5 Å². The molecular weight excluding hydrogens is 236 g/mol. The zero-order valence-corrected chi connectivity index (χ0v) is 11.4. The van der Waals surface area contributed by atoms with E-state index in [9.17, 15) is 0 Å². The summed E-state index contributed by atoms with van der Waals surface area (Å²) in [6.07, 6.45) is 6.19. The normalized spacial score (nSPS) is 12.3. The van der Waals surface area contributed by atoms with E-state index >= 15 is 0 Å². The van der Waals surface area contributed by atoms with Crippen LogP contribution >= 0.6 is 0 Å². The van der Waals surface area contributed by atoms with Gasteiger partial charge in [-0.1, -0.05) is 6.92 Å². The van der Waals surface area contributed by atoms with Crippen molar-refractivity contribution in [3.8, 4) is 0 Å². The summed E-state index contributed by atoms with van der Waals surface area (Å²) in [5.74, 6) is 0. The summed E-state index contributed by atoms with van der Waals surface area (Å²) in [6.45, 7) is 5.06. The van der Waals surface area contributed by atoms with Crippen LogP contribution in [0.4, 0.5) is 5.69 Å². The number of rotatable bonds is 5. The number of nitrogen functional groups attached to an aromatic ring is 1. The molecule has 0 aliphatic rings. The molecule has 0 aliphatic heterocycles. The van der Waals surface area contributed by atoms with Gasteiger partial charge in [0, 0.05) is 24.3 Å². The van der Waals surface area contributed by atoms with Crippen LogP contribution in [0.3, 0.4) is 0 Å². The van der Waals surface area contributed by atoms with Crippen LogP contribution in [0.5, 0.6) is 0 Å². The summed E-state index contributed by atoms with van der Waals surface area (Å²) >= 11 is 0. The molecule has 0 radical (unpaired) electrons. The highest BCUT2D eigenvalue weighted by atomic mass is 14.9. The minimum Gasteiger partial charge on any atom is -0.398 e. The fourth-order valence-electron chi connectivity index (χ4n) is 2.11. The first-order valence-corrected chi connectivity index (χ1v) is 6.55. The van der Waals surface area contributed by atoms with Gasteiger partial charge < -0.3 is 11.1 Å². The molecule has 4 heteroatoms. The Morgan fingerprint density at radius 2 is 2.16 bits per heavy atom. The maximum atomic E-state index is 5.98. The largest absolute Gasteiger partial charge is 0.398 e. The molecule has 0 amide bonds. The van der Waals surface area contributed by atoms with Gasteiger partial charge in [-0.2, -0.15) is 0 Å². The Bertz CT molecular complexity index is 539. The number of anilines is 1. The number of hydrogen-bond acceptors (Lipinski definition) is 4. The van der Waals surface area contributed by atoms with Gasteiger partial charge >= 0.3 is 0 Å². The van der Waals surface area contributed by atoms with E-state index in [0.717, 1.165) is 29.9 Å². The van der Waals surface area contributed by atoms with Crippen molar-refractivity contribution in [3.05, 3.63) is 53.6 Å². The number of nitrogens with one attached hydrogen (secondary N) is 1. The number of hydrogen-bond donors (Lipinski definition) is 2. The molecule has 0 bridgehead atoms. The third-order valence-electron chi connectivity index (χ3n) is 3.11. The van der Waals surface area contributed by atoms with Gasteiger partial charge in [0.2, 0.25) is 0 Å². The van der Waals surface area contributed by atoms with E-state index in [-0.39, 0.29) is 6.04 Å². The Hall–Kier alpha value is -1.94. The summed E-state index contributed by atoms with van der Waals surface area (Å²) in [5.41, 5.74) is 10.1. The molecule has 19 heavy (non-hydrogen) atoms. The molecule has 0 saturated heterocycles. The maximum absolute atomic E-state index is 5.98. The van der Waals surface area contributed by atoms with Gasteiger partial charge in [-0.25, -0.2) is 0 Å². The summed E-state index contributed by atoms with van der Waals surface area (Å²) < 4.78 is 0. The lowest BCUT2D eigenvalue weighted by molar-refractivity contribution is 0.536. The second-order valence-corrected chi connectivity index (χ2v) is 4.65. The van der Waals surface area contributed by atoms with Crippen molar-refractivity contribution in [2.75, 3.05) is 12.3 Å². The topological polar surface area (TPSA) is 63.8 Å². The monoisotopic (exact) mass is 256 g/mol. The van der Waals surface area contributed by atoms with Gasteiger partial charge in [0.1, 0.15) is 0 Å². The van der Waals surface area contributed by atoms with Gasteiger partial charge in [-0.15, -0.1) is 0 Å². The molecule has 0 fully saturated rings. The highest BCUT2D eigenvalue weighted by molar-refractivity contribution is 5.45. The number of nitrogens with two attached hydrogens (primary N) is 1. The summed E-state index contributed by atoms with van der Waals surface area (Å²) in [6, 6.07) is 6.11. The van der Waals surface area contributed by atoms with Crippen molar-refractivity contribution in [2.24, 2.45) is 0 Å². The molecule has 2 aromatic heterocycles. The van der Waals surface area contributed by atoms with Crippen LogP contribution in [0.15, 0.2) is 36.8 Å². The molecule has 0 saturated carbocycles. The predicted octanol–water partition coefficient (Wildman–Crippen LogP) is 2.26. The number of aromatic nitrogens is 2. The smallest absolute Gasteiger partial charge is 0.0579 e. The van der Waals surface area contributed by atoms with Crippen molar-refractivity contribution in [1.29, 1.82) is 0 Å². The van der Waals surface area contributed by atoms with Crippen LogP contribution in [0, 0.1) is 6.92 Å². The van der Waals surface area contributed by atoms with Gasteiger partial charge in [-0.3, -0.25) is 9.97 Å². The first-order chi connectivity index (χ1) is 9.20. The SMILES string of the molecule is CCNC(Cc1cnccc1N)c1cc(C)ccn1. The van der Waals surface area contributed by atoms with Crippen LogP contribution in [0.1, 0.15) is 29.8 Å². The molecule has 100 valence electrons.